The molecule has 1 aromatic carbocycles. The van der Waals surface area contributed by atoms with Crippen molar-refractivity contribution in [3.05, 3.63) is 30.1 Å². The molecule has 1 amide bonds. The number of sulfonamides is 1. The van der Waals surface area contributed by atoms with Crippen molar-refractivity contribution in [2.45, 2.75) is 49.8 Å². The standard InChI is InChI=1S/C21H32FN3O3S/c22-19-8-10-20(11-9-19)29(27,28)25-16-5-7-18(17-25)21(26)23-12-6-15-24-13-3-1-2-4-14-24/h8-11,18H,1-7,12-17H2,(H,23,26)/t18-/m0/s1. The topological polar surface area (TPSA) is 69.7 Å². The predicted octanol–water partition coefficient (Wildman–Crippen LogP) is 2.61. The molecule has 1 atom stereocenters. The summed E-state index contributed by atoms with van der Waals surface area (Å²) >= 11 is 0. The normalized spacial score (nSPS) is 22.2. The number of rotatable bonds is 7. The number of benzene rings is 1. The van der Waals surface area contributed by atoms with Crippen molar-refractivity contribution in [2.24, 2.45) is 5.92 Å². The van der Waals surface area contributed by atoms with Crippen molar-refractivity contribution in [3.63, 3.8) is 0 Å². The Kier molecular flexibility index (Phi) is 8.03. The Labute approximate surface area is 173 Å². The fraction of sp³-hybridized carbons (Fsp3) is 0.667. The minimum absolute atomic E-state index is 0.0670. The molecule has 2 aliphatic heterocycles. The van der Waals surface area contributed by atoms with Gasteiger partial charge in [0, 0.05) is 19.6 Å². The first-order chi connectivity index (χ1) is 14.0. The van der Waals surface area contributed by atoms with Crippen molar-refractivity contribution in [2.75, 3.05) is 39.3 Å². The van der Waals surface area contributed by atoms with Crippen LogP contribution >= 0.6 is 0 Å². The third-order valence-corrected chi connectivity index (χ3v) is 7.73. The van der Waals surface area contributed by atoms with Gasteiger partial charge in [-0.25, -0.2) is 12.8 Å². The lowest BCUT2D eigenvalue weighted by atomic mass is 9.99. The van der Waals surface area contributed by atoms with E-state index in [1.165, 1.54) is 42.1 Å². The summed E-state index contributed by atoms with van der Waals surface area (Å²) in [5, 5.41) is 2.99. The summed E-state index contributed by atoms with van der Waals surface area (Å²) in [7, 11) is -3.71. The lowest BCUT2D eigenvalue weighted by Gasteiger charge is -2.31. The largest absolute Gasteiger partial charge is 0.356 e. The maximum Gasteiger partial charge on any atom is 0.243 e. The molecule has 0 unspecified atom stereocenters. The molecule has 2 fully saturated rings. The van der Waals surface area contributed by atoms with E-state index in [-0.39, 0.29) is 23.3 Å². The van der Waals surface area contributed by atoms with E-state index >= 15 is 0 Å². The van der Waals surface area contributed by atoms with Crippen LogP contribution < -0.4 is 5.32 Å². The number of piperidine rings is 1. The summed E-state index contributed by atoms with van der Waals surface area (Å²) in [6.07, 6.45) is 7.38. The predicted molar refractivity (Wildman–Crippen MR) is 110 cm³/mol. The van der Waals surface area contributed by atoms with Crippen LogP contribution in [-0.2, 0) is 14.8 Å². The number of halogens is 1. The zero-order valence-electron chi connectivity index (χ0n) is 17.0. The summed E-state index contributed by atoms with van der Waals surface area (Å²) in [6.45, 7) is 4.47. The lowest BCUT2D eigenvalue weighted by Crippen LogP contribution is -2.45. The van der Waals surface area contributed by atoms with Gasteiger partial charge in [0.05, 0.1) is 10.8 Å². The van der Waals surface area contributed by atoms with Gasteiger partial charge >= 0.3 is 0 Å². The number of amides is 1. The number of likely N-dealkylation sites (tertiary alicyclic amines) is 1. The number of hydrogen-bond acceptors (Lipinski definition) is 4. The maximum atomic E-state index is 13.1. The Bertz CT molecular complexity index is 762. The first-order valence-corrected chi connectivity index (χ1v) is 12.2. The molecule has 162 valence electrons. The highest BCUT2D eigenvalue weighted by Gasteiger charge is 2.33. The summed E-state index contributed by atoms with van der Waals surface area (Å²) in [5.41, 5.74) is 0. The molecule has 0 aliphatic carbocycles. The van der Waals surface area contributed by atoms with Crippen LogP contribution in [0, 0.1) is 11.7 Å². The molecular weight excluding hydrogens is 393 g/mol. The molecule has 1 N–H and O–H groups in total. The van der Waals surface area contributed by atoms with Gasteiger partial charge in [-0.05, 0) is 76.0 Å². The second kappa shape index (κ2) is 10.5. The van der Waals surface area contributed by atoms with Gasteiger partial charge in [-0.1, -0.05) is 12.8 Å². The Morgan fingerprint density at radius 2 is 1.72 bits per heavy atom. The van der Waals surface area contributed by atoms with Gasteiger partial charge in [-0.2, -0.15) is 4.31 Å². The van der Waals surface area contributed by atoms with Crippen molar-refractivity contribution in [3.8, 4) is 0 Å². The average Bonchev–Trinajstić information content (AvgIpc) is 3.00. The number of nitrogens with zero attached hydrogens (tertiary/aromatic N) is 2. The molecule has 2 saturated heterocycles. The smallest absolute Gasteiger partial charge is 0.243 e. The van der Waals surface area contributed by atoms with Crippen LogP contribution in [0.25, 0.3) is 0 Å². The van der Waals surface area contributed by atoms with E-state index < -0.39 is 15.8 Å². The van der Waals surface area contributed by atoms with Gasteiger partial charge in [-0.15, -0.1) is 0 Å². The summed E-state index contributed by atoms with van der Waals surface area (Å²) in [6, 6.07) is 4.84. The highest BCUT2D eigenvalue weighted by molar-refractivity contribution is 7.89. The zero-order chi connectivity index (χ0) is 20.7. The van der Waals surface area contributed by atoms with Crippen LogP contribution in [-0.4, -0.2) is 62.8 Å². The summed E-state index contributed by atoms with van der Waals surface area (Å²) in [4.78, 5) is 15.1. The second-order valence-corrected chi connectivity index (χ2v) is 9.99. The third kappa shape index (κ3) is 6.23. The van der Waals surface area contributed by atoms with Crippen LogP contribution in [0.3, 0.4) is 0 Å². The fourth-order valence-electron chi connectivity index (χ4n) is 4.15. The minimum atomic E-state index is -3.71. The Hall–Kier alpha value is -1.51. The number of hydrogen-bond donors (Lipinski definition) is 1. The van der Waals surface area contributed by atoms with E-state index in [9.17, 15) is 17.6 Å². The van der Waals surface area contributed by atoms with Crippen LogP contribution in [0.2, 0.25) is 0 Å². The fourth-order valence-corrected chi connectivity index (χ4v) is 5.67. The van der Waals surface area contributed by atoms with Crippen molar-refractivity contribution < 1.29 is 17.6 Å². The second-order valence-electron chi connectivity index (χ2n) is 8.06. The molecule has 8 heteroatoms. The molecule has 3 rings (SSSR count). The average molecular weight is 426 g/mol. The maximum absolute atomic E-state index is 13.1. The molecule has 1 aromatic rings. The van der Waals surface area contributed by atoms with Crippen LogP contribution in [0.15, 0.2) is 29.2 Å². The molecule has 0 bridgehead atoms. The number of carbonyl (C=O) groups excluding carboxylic acids is 1. The van der Waals surface area contributed by atoms with Gasteiger partial charge < -0.3 is 10.2 Å². The monoisotopic (exact) mass is 425 g/mol. The van der Waals surface area contributed by atoms with Gasteiger partial charge in [0.15, 0.2) is 0 Å². The van der Waals surface area contributed by atoms with Gasteiger partial charge in [0.25, 0.3) is 0 Å². The van der Waals surface area contributed by atoms with Crippen LogP contribution in [0.1, 0.15) is 44.9 Å². The molecule has 0 saturated carbocycles. The Morgan fingerprint density at radius 3 is 2.41 bits per heavy atom. The molecule has 0 radical (unpaired) electrons. The van der Waals surface area contributed by atoms with E-state index in [0.29, 0.717) is 25.9 Å². The molecule has 2 aliphatic rings. The van der Waals surface area contributed by atoms with Gasteiger partial charge in [-0.3, -0.25) is 4.79 Å². The zero-order valence-corrected chi connectivity index (χ0v) is 17.8. The summed E-state index contributed by atoms with van der Waals surface area (Å²) in [5.74, 6) is -0.878. The molecular formula is C21H32FN3O3S. The first kappa shape index (κ1) is 22.2. The van der Waals surface area contributed by atoms with E-state index in [1.807, 2.05) is 0 Å². The number of carbonyl (C=O) groups is 1. The van der Waals surface area contributed by atoms with Crippen molar-refractivity contribution in [1.29, 1.82) is 0 Å². The van der Waals surface area contributed by atoms with E-state index in [1.54, 1.807) is 0 Å². The summed E-state index contributed by atoms with van der Waals surface area (Å²) < 4.78 is 40.1. The highest BCUT2D eigenvalue weighted by Crippen LogP contribution is 2.24. The third-order valence-electron chi connectivity index (χ3n) is 5.86. The molecule has 0 aromatic heterocycles. The van der Waals surface area contributed by atoms with Crippen molar-refractivity contribution in [1.82, 2.24) is 14.5 Å². The van der Waals surface area contributed by atoms with Gasteiger partial charge in [0.1, 0.15) is 5.82 Å². The molecule has 6 nitrogen and oxygen atoms in total. The molecule has 2 heterocycles. The Balaban J connectivity index is 1.47. The highest BCUT2D eigenvalue weighted by atomic mass is 32.2. The number of nitrogens with one attached hydrogen (secondary N) is 1. The lowest BCUT2D eigenvalue weighted by molar-refractivity contribution is -0.126. The minimum Gasteiger partial charge on any atom is -0.356 e. The molecule has 29 heavy (non-hydrogen) atoms. The van der Waals surface area contributed by atoms with Crippen molar-refractivity contribution >= 4 is 15.9 Å². The SMILES string of the molecule is O=C(NCCCN1CCCCCC1)[C@H]1CCCN(S(=O)(=O)c2ccc(F)cc2)C1. The quantitative estimate of drug-likeness (QED) is 0.682. The van der Waals surface area contributed by atoms with Gasteiger partial charge in [0.2, 0.25) is 15.9 Å². The Morgan fingerprint density at radius 1 is 1.03 bits per heavy atom. The van der Waals surface area contributed by atoms with E-state index in [4.69, 9.17) is 0 Å². The van der Waals surface area contributed by atoms with Crippen LogP contribution in [0.4, 0.5) is 4.39 Å². The van der Waals surface area contributed by atoms with E-state index in [2.05, 4.69) is 10.2 Å². The van der Waals surface area contributed by atoms with Crippen LogP contribution in [0.5, 0.6) is 0 Å². The first-order valence-electron chi connectivity index (χ1n) is 10.7. The molecule has 0 spiro atoms. The van der Waals surface area contributed by atoms with E-state index in [0.717, 1.165) is 38.2 Å².